The highest BCUT2D eigenvalue weighted by Crippen LogP contribution is 2.29. The van der Waals surface area contributed by atoms with E-state index in [9.17, 15) is 4.39 Å². The SMILES string of the molecule is CNC(c1cnc(C)s1)c1cc(Br)ccc1F. The van der Waals surface area contributed by atoms with Gasteiger partial charge >= 0.3 is 0 Å². The van der Waals surface area contributed by atoms with Crippen molar-refractivity contribution in [3.05, 3.63) is 50.1 Å². The second-order valence-corrected chi connectivity index (χ2v) is 5.85. The molecule has 1 N–H and O–H groups in total. The molecule has 0 saturated carbocycles. The minimum Gasteiger partial charge on any atom is -0.309 e. The van der Waals surface area contributed by atoms with Crippen LogP contribution in [0.2, 0.25) is 0 Å². The standard InChI is InChI=1S/C12H12BrFN2S/c1-7-16-6-11(17-7)12(15-2)9-5-8(13)3-4-10(9)14/h3-6,12,15H,1-2H3. The summed E-state index contributed by atoms with van der Waals surface area (Å²) in [6.07, 6.45) is 1.79. The van der Waals surface area contributed by atoms with E-state index < -0.39 is 0 Å². The second-order valence-electron chi connectivity index (χ2n) is 3.67. The molecule has 17 heavy (non-hydrogen) atoms. The van der Waals surface area contributed by atoms with Crippen molar-refractivity contribution in [3.63, 3.8) is 0 Å². The third kappa shape index (κ3) is 2.73. The van der Waals surface area contributed by atoms with Crippen LogP contribution >= 0.6 is 27.3 Å². The maximum atomic E-state index is 13.8. The molecule has 2 aromatic rings. The third-order valence-corrected chi connectivity index (χ3v) is 3.95. The molecule has 0 bridgehead atoms. The fraction of sp³-hybridized carbons (Fsp3) is 0.250. The Morgan fingerprint density at radius 3 is 2.82 bits per heavy atom. The smallest absolute Gasteiger partial charge is 0.128 e. The van der Waals surface area contributed by atoms with Crippen molar-refractivity contribution in [2.75, 3.05) is 7.05 Å². The lowest BCUT2D eigenvalue weighted by molar-refractivity contribution is 0.578. The number of thiazole rings is 1. The summed E-state index contributed by atoms with van der Waals surface area (Å²) in [4.78, 5) is 5.22. The van der Waals surface area contributed by atoms with E-state index in [-0.39, 0.29) is 11.9 Å². The van der Waals surface area contributed by atoms with E-state index in [1.54, 1.807) is 29.7 Å². The van der Waals surface area contributed by atoms with E-state index >= 15 is 0 Å². The Labute approximate surface area is 112 Å². The van der Waals surface area contributed by atoms with E-state index in [2.05, 4.69) is 26.2 Å². The van der Waals surface area contributed by atoms with Gasteiger partial charge in [0.2, 0.25) is 0 Å². The van der Waals surface area contributed by atoms with Crippen LogP contribution in [0, 0.1) is 12.7 Å². The van der Waals surface area contributed by atoms with Crippen LogP contribution in [0.15, 0.2) is 28.9 Å². The molecule has 2 nitrogen and oxygen atoms in total. The lowest BCUT2D eigenvalue weighted by Crippen LogP contribution is -2.17. The molecule has 90 valence electrons. The summed E-state index contributed by atoms with van der Waals surface area (Å²) in [6.45, 7) is 1.94. The summed E-state index contributed by atoms with van der Waals surface area (Å²) in [5.41, 5.74) is 0.630. The Bertz CT molecular complexity index is 527. The van der Waals surface area contributed by atoms with Crippen LogP contribution in [-0.2, 0) is 0 Å². The van der Waals surface area contributed by atoms with Crippen molar-refractivity contribution in [1.82, 2.24) is 10.3 Å². The maximum absolute atomic E-state index is 13.8. The first-order chi connectivity index (χ1) is 8.11. The molecule has 1 aromatic heterocycles. The largest absolute Gasteiger partial charge is 0.309 e. The fourth-order valence-corrected chi connectivity index (χ4v) is 2.99. The number of nitrogens with one attached hydrogen (secondary N) is 1. The summed E-state index contributed by atoms with van der Waals surface area (Å²) >= 11 is 4.94. The van der Waals surface area contributed by atoms with Gasteiger partial charge in [0.1, 0.15) is 5.82 Å². The first-order valence-electron chi connectivity index (χ1n) is 5.16. The van der Waals surface area contributed by atoms with E-state index in [0.29, 0.717) is 5.56 Å². The number of aryl methyl sites for hydroxylation is 1. The molecule has 0 aliphatic rings. The normalized spacial score (nSPS) is 12.7. The van der Waals surface area contributed by atoms with Gasteiger partial charge in [-0.15, -0.1) is 11.3 Å². The van der Waals surface area contributed by atoms with Crippen molar-refractivity contribution >= 4 is 27.3 Å². The Morgan fingerprint density at radius 2 is 2.24 bits per heavy atom. The van der Waals surface area contributed by atoms with Crippen LogP contribution in [0.4, 0.5) is 4.39 Å². The number of nitrogens with zero attached hydrogens (tertiary/aromatic N) is 1. The van der Waals surface area contributed by atoms with Crippen molar-refractivity contribution in [3.8, 4) is 0 Å². The first kappa shape index (κ1) is 12.7. The average molecular weight is 315 g/mol. The molecule has 1 unspecified atom stereocenters. The molecule has 2 rings (SSSR count). The summed E-state index contributed by atoms with van der Waals surface area (Å²) in [5.74, 6) is -0.210. The summed E-state index contributed by atoms with van der Waals surface area (Å²) in [7, 11) is 1.82. The van der Waals surface area contributed by atoms with Gasteiger partial charge in [-0.05, 0) is 32.2 Å². The number of aromatic nitrogens is 1. The van der Waals surface area contributed by atoms with Gasteiger partial charge < -0.3 is 5.32 Å². The third-order valence-electron chi connectivity index (χ3n) is 2.48. The summed E-state index contributed by atoms with van der Waals surface area (Å²) < 4.78 is 14.7. The molecule has 0 aliphatic carbocycles. The summed E-state index contributed by atoms with van der Waals surface area (Å²) in [5, 5.41) is 4.11. The molecule has 1 aromatic carbocycles. The highest BCUT2D eigenvalue weighted by atomic mass is 79.9. The summed E-state index contributed by atoms with van der Waals surface area (Å²) in [6, 6.07) is 4.81. The highest BCUT2D eigenvalue weighted by molar-refractivity contribution is 9.10. The monoisotopic (exact) mass is 314 g/mol. The molecule has 0 radical (unpaired) electrons. The molecular formula is C12H12BrFN2S. The van der Waals surface area contributed by atoms with Gasteiger partial charge in [-0.25, -0.2) is 9.37 Å². The Balaban J connectivity index is 2.45. The Kier molecular flexibility index (Phi) is 3.91. The molecule has 1 heterocycles. The van der Waals surface area contributed by atoms with Crippen LogP contribution < -0.4 is 5.32 Å². The molecule has 0 saturated heterocycles. The fourth-order valence-electron chi connectivity index (χ4n) is 1.70. The maximum Gasteiger partial charge on any atom is 0.128 e. The molecule has 0 aliphatic heterocycles. The zero-order valence-corrected chi connectivity index (χ0v) is 11.9. The number of benzene rings is 1. The topological polar surface area (TPSA) is 24.9 Å². The minimum atomic E-state index is -0.210. The van der Waals surface area contributed by atoms with Gasteiger partial charge in [-0.2, -0.15) is 0 Å². The van der Waals surface area contributed by atoms with E-state index in [1.807, 2.05) is 14.0 Å². The second kappa shape index (κ2) is 5.25. The van der Waals surface area contributed by atoms with Gasteiger partial charge in [0.15, 0.2) is 0 Å². The number of hydrogen-bond donors (Lipinski definition) is 1. The number of halogens is 2. The van der Waals surface area contributed by atoms with Gasteiger partial charge in [-0.3, -0.25) is 0 Å². The van der Waals surface area contributed by atoms with Gasteiger partial charge in [0.05, 0.1) is 11.0 Å². The lowest BCUT2D eigenvalue weighted by atomic mass is 10.1. The molecular weight excluding hydrogens is 303 g/mol. The van der Waals surface area contributed by atoms with Crippen molar-refractivity contribution in [2.45, 2.75) is 13.0 Å². The minimum absolute atomic E-state index is 0.154. The molecule has 1 atom stereocenters. The van der Waals surface area contributed by atoms with Crippen LogP contribution in [-0.4, -0.2) is 12.0 Å². The number of rotatable bonds is 3. The van der Waals surface area contributed by atoms with Crippen LogP contribution in [0.5, 0.6) is 0 Å². The number of hydrogen-bond acceptors (Lipinski definition) is 3. The zero-order chi connectivity index (χ0) is 12.4. The van der Waals surface area contributed by atoms with Crippen LogP contribution in [0.3, 0.4) is 0 Å². The van der Waals surface area contributed by atoms with Gasteiger partial charge in [0, 0.05) is 21.1 Å². The Morgan fingerprint density at radius 1 is 1.47 bits per heavy atom. The van der Waals surface area contributed by atoms with Crippen LogP contribution in [0.1, 0.15) is 21.5 Å². The molecule has 0 fully saturated rings. The molecule has 0 spiro atoms. The van der Waals surface area contributed by atoms with E-state index in [4.69, 9.17) is 0 Å². The zero-order valence-electron chi connectivity index (χ0n) is 9.50. The van der Waals surface area contributed by atoms with Crippen molar-refractivity contribution in [1.29, 1.82) is 0 Å². The van der Waals surface area contributed by atoms with Gasteiger partial charge in [0.25, 0.3) is 0 Å². The van der Waals surface area contributed by atoms with E-state index in [0.717, 1.165) is 14.4 Å². The lowest BCUT2D eigenvalue weighted by Gasteiger charge is -2.15. The quantitative estimate of drug-likeness (QED) is 0.935. The van der Waals surface area contributed by atoms with Crippen molar-refractivity contribution < 1.29 is 4.39 Å². The molecule has 5 heteroatoms. The first-order valence-corrected chi connectivity index (χ1v) is 6.77. The molecule has 0 amide bonds. The predicted octanol–water partition coefficient (Wildman–Crippen LogP) is 3.66. The average Bonchev–Trinajstić information content (AvgIpc) is 2.71. The van der Waals surface area contributed by atoms with Crippen LogP contribution in [0.25, 0.3) is 0 Å². The highest BCUT2D eigenvalue weighted by Gasteiger charge is 2.18. The predicted molar refractivity (Wildman–Crippen MR) is 71.9 cm³/mol. The van der Waals surface area contributed by atoms with Gasteiger partial charge in [-0.1, -0.05) is 15.9 Å². The Hall–Kier alpha value is -0.780. The van der Waals surface area contributed by atoms with E-state index in [1.165, 1.54) is 6.07 Å². The van der Waals surface area contributed by atoms with Crippen molar-refractivity contribution in [2.24, 2.45) is 0 Å².